The maximum atomic E-state index is 13.7. The van der Waals surface area contributed by atoms with Crippen molar-refractivity contribution < 1.29 is 22.3 Å². The fourth-order valence-electron chi connectivity index (χ4n) is 2.17. The summed E-state index contributed by atoms with van der Waals surface area (Å²) in [6.45, 7) is 1.22. The molecule has 0 bridgehead atoms. The van der Waals surface area contributed by atoms with Gasteiger partial charge in [0.15, 0.2) is 0 Å². The van der Waals surface area contributed by atoms with Crippen LogP contribution in [0.2, 0.25) is 0 Å². The third-order valence-electron chi connectivity index (χ3n) is 3.20. The van der Waals surface area contributed by atoms with Crippen molar-refractivity contribution >= 4 is 35.7 Å². The minimum absolute atomic E-state index is 0.254. The van der Waals surface area contributed by atoms with E-state index < -0.39 is 19.8 Å². The second kappa shape index (κ2) is 7.26. The Balaban J connectivity index is 1.93. The third-order valence-corrected chi connectivity index (χ3v) is 5.16. The molecule has 0 spiro atoms. The second-order valence-corrected chi connectivity index (χ2v) is 8.17. The molecule has 1 aliphatic rings. The summed E-state index contributed by atoms with van der Waals surface area (Å²) < 4.78 is 47.4. The van der Waals surface area contributed by atoms with E-state index in [2.05, 4.69) is 15.9 Å². The SMILES string of the molecule is O=S(=O)(Cl)c1cc(Br)c(OCCCC2CCCO2)cc1F. The van der Waals surface area contributed by atoms with Crippen molar-refractivity contribution in [2.45, 2.75) is 36.7 Å². The minimum atomic E-state index is -4.11. The lowest BCUT2D eigenvalue weighted by Crippen LogP contribution is -2.08. The average molecular weight is 402 g/mol. The van der Waals surface area contributed by atoms with Crippen LogP contribution in [0.25, 0.3) is 0 Å². The molecule has 1 fully saturated rings. The van der Waals surface area contributed by atoms with Gasteiger partial charge in [0, 0.05) is 23.4 Å². The van der Waals surface area contributed by atoms with Crippen molar-refractivity contribution in [1.29, 1.82) is 0 Å². The largest absolute Gasteiger partial charge is 0.492 e. The number of ether oxygens (including phenoxy) is 2. The van der Waals surface area contributed by atoms with Crippen LogP contribution in [-0.2, 0) is 13.8 Å². The highest BCUT2D eigenvalue weighted by atomic mass is 79.9. The maximum Gasteiger partial charge on any atom is 0.264 e. The molecule has 8 heteroatoms. The van der Waals surface area contributed by atoms with Crippen LogP contribution < -0.4 is 4.74 Å². The van der Waals surface area contributed by atoms with Crippen LogP contribution in [0.5, 0.6) is 5.75 Å². The Bertz CT molecular complexity index is 602. The van der Waals surface area contributed by atoms with Crippen LogP contribution in [-0.4, -0.2) is 27.7 Å². The van der Waals surface area contributed by atoms with Crippen LogP contribution in [0.1, 0.15) is 25.7 Å². The molecule has 0 aromatic heterocycles. The molecule has 1 aromatic carbocycles. The third kappa shape index (κ3) is 4.81. The van der Waals surface area contributed by atoms with Crippen molar-refractivity contribution in [2.24, 2.45) is 0 Å². The fraction of sp³-hybridized carbons (Fsp3) is 0.538. The summed E-state index contributed by atoms with van der Waals surface area (Å²) in [5.74, 6) is -0.675. The van der Waals surface area contributed by atoms with Gasteiger partial charge in [0.05, 0.1) is 17.2 Å². The van der Waals surface area contributed by atoms with E-state index >= 15 is 0 Å². The molecule has 0 N–H and O–H groups in total. The summed E-state index contributed by atoms with van der Waals surface area (Å²) in [5, 5.41) is 0. The first-order chi connectivity index (χ1) is 9.88. The molecule has 1 atom stereocenters. The van der Waals surface area contributed by atoms with Crippen LogP contribution in [0.3, 0.4) is 0 Å². The van der Waals surface area contributed by atoms with Crippen molar-refractivity contribution in [1.82, 2.24) is 0 Å². The first kappa shape index (κ1) is 17.0. The zero-order valence-corrected chi connectivity index (χ0v) is 14.3. The Hall–Kier alpha value is -0.370. The summed E-state index contributed by atoms with van der Waals surface area (Å²) in [5.41, 5.74) is 0. The summed E-state index contributed by atoms with van der Waals surface area (Å²) in [7, 11) is 1.03. The Labute approximate surface area is 136 Å². The fourth-order valence-corrected chi connectivity index (χ4v) is 3.69. The van der Waals surface area contributed by atoms with Crippen LogP contribution in [0.15, 0.2) is 21.5 Å². The van der Waals surface area contributed by atoms with Gasteiger partial charge in [-0.25, -0.2) is 12.8 Å². The quantitative estimate of drug-likeness (QED) is 0.536. The summed E-state index contributed by atoms with van der Waals surface area (Å²) in [4.78, 5) is -0.567. The van der Waals surface area contributed by atoms with Crippen molar-refractivity contribution in [3.05, 3.63) is 22.4 Å². The molecule has 0 aliphatic carbocycles. The summed E-state index contributed by atoms with van der Waals surface area (Å²) >= 11 is 3.15. The van der Waals surface area contributed by atoms with Crippen molar-refractivity contribution in [2.75, 3.05) is 13.2 Å². The second-order valence-electron chi connectivity index (χ2n) is 4.78. The standard InChI is InChI=1S/C13H15BrClFO4S/c14-10-7-13(21(15,17)18)11(16)8-12(10)20-6-2-4-9-3-1-5-19-9/h7-9H,1-6H2. The van der Waals surface area contributed by atoms with Crippen LogP contribution in [0.4, 0.5) is 4.39 Å². The molecule has 118 valence electrons. The average Bonchev–Trinajstić information content (AvgIpc) is 2.90. The monoisotopic (exact) mass is 400 g/mol. The van der Waals surface area contributed by atoms with Gasteiger partial charge in [0.25, 0.3) is 9.05 Å². The Morgan fingerprint density at radius 1 is 1.48 bits per heavy atom. The highest BCUT2D eigenvalue weighted by Crippen LogP contribution is 2.32. The van der Waals surface area contributed by atoms with Gasteiger partial charge in [-0.1, -0.05) is 0 Å². The molecule has 2 rings (SSSR count). The van der Waals surface area contributed by atoms with E-state index in [4.69, 9.17) is 20.2 Å². The van der Waals surface area contributed by atoms with Crippen LogP contribution in [0, 0.1) is 5.82 Å². The molecule has 4 nitrogen and oxygen atoms in total. The number of rotatable bonds is 6. The van der Waals surface area contributed by atoms with Gasteiger partial charge in [0.1, 0.15) is 16.5 Å². The zero-order valence-electron chi connectivity index (χ0n) is 11.1. The van der Waals surface area contributed by atoms with Crippen molar-refractivity contribution in [3.8, 4) is 5.75 Å². The van der Waals surface area contributed by atoms with Crippen molar-refractivity contribution in [3.63, 3.8) is 0 Å². The molecule has 1 saturated heterocycles. The smallest absolute Gasteiger partial charge is 0.264 e. The van der Waals surface area contributed by atoms with E-state index in [0.717, 1.165) is 44.4 Å². The molecule has 0 amide bonds. The van der Waals surface area contributed by atoms with Crippen LogP contribution >= 0.6 is 26.6 Å². The molecular weight excluding hydrogens is 387 g/mol. The van der Waals surface area contributed by atoms with Gasteiger partial charge in [-0.05, 0) is 47.7 Å². The minimum Gasteiger partial charge on any atom is -0.492 e. The molecular formula is C13H15BrClFO4S. The Morgan fingerprint density at radius 2 is 2.24 bits per heavy atom. The normalized spacial score (nSPS) is 18.9. The van der Waals surface area contributed by atoms with E-state index in [-0.39, 0.29) is 11.9 Å². The molecule has 1 unspecified atom stereocenters. The van der Waals surface area contributed by atoms with Gasteiger partial charge in [-0.2, -0.15) is 0 Å². The molecule has 1 aromatic rings. The predicted octanol–water partition coefficient (Wildman–Crippen LogP) is 3.85. The van der Waals surface area contributed by atoms with Gasteiger partial charge in [0.2, 0.25) is 0 Å². The first-order valence-electron chi connectivity index (χ1n) is 6.56. The van der Waals surface area contributed by atoms with E-state index in [1.54, 1.807) is 0 Å². The van der Waals surface area contributed by atoms with Gasteiger partial charge >= 0.3 is 0 Å². The predicted molar refractivity (Wildman–Crippen MR) is 80.8 cm³/mol. The topological polar surface area (TPSA) is 52.6 Å². The number of hydrogen-bond acceptors (Lipinski definition) is 4. The maximum absolute atomic E-state index is 13.7. The van der Waals surface area contributed by atoms with E-state index in [1.165, 1.54) is 0 Å². The number of halogens is 3. The lowest BCUT2D eigenvalue weighted by atomic mass is 10.1. The highest BCUT2D eigenvalue weighted by molar-refractivity contribution is 9.10. The summed E-state index contributed by atoms with van der Waals surface area (Å²) in [6.07, 6.45) is 4.14. The summed E-state index contributed by atoms with van der Waals surface area (Å²) in [6, 6.07) is 2.12. The Kier molecular flexibility index (Phi) is 5.88. The lowest BCUT2D eigenvalue weighted by Gasteiger charge is -2.12. The number of hydrogen-bond donors (Lipinski definition) is 0. The zero-order chi connectivity index (χ0) is 15.5. The van der Waals surface area contributed by atoms with Gasteiger partial charge in [-0.3, -0.25) is 0 Å². The van der Waals surface area contributed by atoms with E-state index in [0.29, 0.717) is 11.1 Å². The van der Waals surface area contributed by atoms with E-state index in [1.807, 2.05) is 0 Å². The number of benzene rings is 1. The highest BCUT2D eigenvalue weighted by Gasteiger charge is 2.19. The Morgan fingerprint density at radius 3 is 2.86 bits per heavy atom. The van der Waals surface area contributed by atoms with E-state index in [9.17, 15) is 12.8 Å². The lowest BCUT2D eigenvalue weighted by molar-refractivity contribution is 0.0980. The van der Waals surface area contributed by atoms with Gasteiger partial charge in [-0.15, -0.1) is 0 Å². The molecule has 1 aliphatic heterocycles. The first-order valence-corrected chi connectivity index (χ1v) is 9.66. The molecule has 21 heavy (non-hydrogen) atoms. The molecule has 0 radical (unpaired) electrons. The molecule has 1 heterocycles. The molecule has 0 saturated carbocycles. The van der Waals surface area contributed by atoms with Gasteiger partial charge < -0.3 is 9.47 Å².